The zero-order valence-electron chi connectivity index (χ0n) is 21.2. The molecule has 2 aromatic rings. The van der Waals surface area contributed by atoms with Gasteiger partial charge in [-0.2, -0.15) is 0 Å². The summed E-state index contributed by atoms with van der Waals surface area (Å²) in [5.74, 6) is -1.30. The van der Waals surface area contributed by atoms with E-state index in [1.807, 2.05) is 0 Å². The monoisotopic (exact) mass is 526 g/mol. The lowest BCUT2D eigenvalue weighted by Crippen LogP contribution is -2.56. The van der Waals surface area contributed by atoms with Gasteiger partial charge in [0.1, 0.15) is 24.3 Å². The SMILES string of the molecule is CCC(=O)N(CCc1cccc(F)c1)[C@@H]1C=C(C(=O)NCCO)[C@@H]2c3cc(C=O)cc(OC)c3O[C@@H]2[C@H]1O. The third-order valence-electron chi connectivity index (χ3n) is 6.92. The van der Waals surface area contributed by atoms with E-state index in [0.717, 1.165) is 0 Å². The number of aldehydes is 1. The lowest BCUT2D eigenvalue weighted by Gasteiger charge is -2.40. The Morgan fingerprint density at radius 1 is 1.26 bits per heavy atom. The smallest absolute Gasteiger partial charge is 0.247 e. The Hall–Kier alpha value is -3.76. The average molecular weight is 527 g/mol. The second-order valence-electron chi connectivity index (χ2n) is 9.22. The summed E-state index contributed by atoms with van der Waals surface area (Å²) in [6.45, 7) is 1.59. The molecule has 0 saturated heterocycles. The van der Waals surface area contributed by atoms with E-state index in [0.29, 0.717) is 35.1 Å². The van der Waals surface area contributed by atoms with Crippen molar-refractivity contribution in [3.05, 3.63) is 70.6 Å². The molecular formula is C28H31FN2O7. The number of nitrogens with zero attached hydrogens (tertiary/aromatic N) is 1. The van der Waals surface area contributed by atoms with Gasteiger partial charge in [0.15, 0.2) is 11.5 Å². The molecule has 4 rings (SSSR count). The molecule has 1 aliphatic heterocycles. The first-order valence-electron chi connectivity index (χ1n) is 12.5. The minimum atomic E-state index is -1.23. The van der Waals surface area contributed by atoms with E-state index in [-0.39, 0.29) is 49.2 Å². The fourth-order valence-electron chi connectivity index (χ4n) is 5.14. The largest absolute Gasteiger partial charge is 0.493 e. The number of methoxy groups -OCH3 is 1. The van der Waals surface area contributed by atoms with Gasteiger partial charge in [-0.3, -0.25) is 14.4 Å². The summed E-state index contributed by atoms with van der Waals surface area (Å²) in [5, 5.41) is 23.4. The molecule has 3 N–H and O–H groups in total. The Morgan fingerprint density at radius 2 is 2.05 bits per heavy atom. The van der Waals surface area contributed by atoms with Crippen LogP contribution in [-0.4, -0.2) is 78.3 Å². The number of hydrogen-bond acceptors (Lipinski definition) is 7. The number of carbonyl (C=O) groups is 3. The van der Waals surface area contributed by atoms with Crippen molar-refractivity contribution >= 4 is 18.1 Å². The fraction of sp³-hybridized carbons (Fsp3) is 0.393. The van der Waals surface area contributed by atoms with E-state index in [4.69, 9.17) is 9.47 Å². The topological polar surface area (TPSA) is 125 Å². The first-order chi connectivity index (χ1) is 18.3. The molecule has 0 fully saturated rings. The Kier molecular flexibility index (Phi) is 8.43. The molecule has 1 aliphatic carbocycles. The van der Waals surface area contributed by atoms with Gasteiger partial charge >= 0.3 is 0 Å². The second kappa shape index (κ2) is 11.7. The Balaban J connectivity index is 1.76. The second-order valence-corrected chi connectivity index (χ2v) is 9.22. The summed E-state index contributed by atoms with van der Waals surface area (Å²) < 4.78 is 25.3. The third-order valence-corrected chi connectivity index (χ3v) is 6.92. The highest BCUT2D eigenvalue weighted by atomic mass is 19.1. The van der Waals surface area contributed by atoms with Crippen molar-refractivity contribution in [2.45, 2.75) is 43.9 Å². The van der Waals surface area contributed by atoms with Gasteiger partial charge in [-0.05, 0) is 42.3 Å². The predicted molar refractivity (Wildman–Crippen MR) is 136 cm³/mol. The van der Waals surface area contributed by atoms with Crippen LogP contribution in [0.25, 0.3) is 0 Å². The quantitative estimate of drug-likeness (QED) is 0.403. The van der Waals surface area contributed by atoms with Gasteiger partial charge in [0.25, 0.3) is 0 Å². The van der Waals surface area contributed by atoms with Crippen LogP contribution in [-0.2, 0) is 16.0 Å². The zero-order chi connectivity index (χ0) is 27.4. The lowest BCUT2D eigenvalue weighted by atomic mass is 9.77. The minimum Gasteiger partial charge on any atom is -0.493 e. The molecular weight excluding hydrogens is 495 g/mol. The molecule has 2 aromatic carbocycles. The van der Waals surface area contributed by atoms with Gasteiger partial charge in [-0.15, -0.1) is 0 Å². The summed E-state index contributed by atoms with van der Waals surface area (Å²) in [5.41, 5.74) is 1.74. The van der Waals surface area contributed by atoms with Crippen LogP contribution in [0.2, 0.25) is 0 Å². The molecule has 0 aromatic heterocycles. The van der Waals surface area contributed by atoms with Crippen LogP contribution >= 0.6 is 0 Å². The molecule has 0 radical (unpaired) electrons. The first-order valence-corrected chi connectivity index (χ1v) is 12.5. The molecule has 10 heteroatoms. The summed E-state index contributed by atoms with van der Waals surface area (Å²) in [6, 6.07) is 8.25. The summed E-state index contributed by atoms with van der Waals surface area (Å²) in [6.07, 6.45) is 0.509. The van der Waals surface area contributed by atoms with Crippen LogP contribution in [0.5, 0.6) is 11.5 Å². The molecule has 38 heavy (non-hydrogen) atoms. The normalized spacial score (nSPS) is 21.4. The van der Waals surface area contributed by atoms with Crippen molar-refractivity contribution in [2.75, 3.05) is 26.8 Å². The maximum atomic E-state index is 13.7. The van der Waals surface area contributed by atoms with Crippen LogP contribution in [0.1, 0.15) is 40.7 Å². The number of nitrogens with one attached hydrogen (secondary N) is 1. The van der Waals surface area contributed by atoms with Crippen molar-refractivity contribution < 1.29 is 38.5 Å². The number of aliphatic hydroxyl groups excluding tert-OH is 2. The molecule has 9 nitrogen and oxygen atoms in total. The number of aliphatic hydroxyl groups is 2. The highest BCUT2D eigenvalue weighted by Crippen LogP contribution is 2.51. The fourth-order valence-corrected chi connectivity index (χ4v) is 5.14. The Morgan fingerprint density at radius 3 is 2.71 bits per heavy atom. The maximum absolute atomic E-state index is 13.7. The lowest BCUT2D eigenvalue weighted by molar-refractivity contribution is -0.136. The van der Waals surface area contributed by atoms with Gasteiger partial charge in [0.2, 0.25) is 11.8 Å². The number of hydrogen-bond donors (Lipinski definition) is 3. The molecule has 202 valence electrons. The number of fused-ring (bicyclic) bond motifs is 3. The van der Waals surface area contributed by atoms with Crippen LogP contribution in [0.15, 0.2) is 48.0 Å². The number of benzene rings is 2. The van der Waals surface area contributed by atoms with Crippen LogP contribution in [0.3, 0.4) is 0 Å². The standard InChI is InChI=1S/C28H31FN2O7/c1-3-23(34)31(9-7-16-5-4-6-18(29)11-16)21-14-20(28(36)30-8-10-32)24-19-12-17(15-33)13-22(37-2)26(19)38-27(24)25(21)35/h4-6,11-15,21,24-25,27,32,35H,3,7-10H2,1-2H3,(H,30,36)/t21-,24+,25+,27+/m1/s1. The predicted octanol–water partition coefficient (Wildman–Crippen LogP) is 1.75. The molecule has 2 amide bonds. The summed E-state index contributed by atoms with van der Waals surface area (Å²) in [7, 11) is 1.42. The first kappa shape index (κ1) is 27.3. The third kappa shape index (κ3) is 5.27. The van der Waals surface area contributed by atoms with Crippen LogP contribution in [0.4, 0.5) is 4.39 Å². The van der Waals surface area contributed by atoms with Gasteiger partial charge < -0.3 is 29.9 Å². The van der Waals surface area contributed by atoms with Crippen molar-refractivity contribution in [3.8, 4) is 11.5 Å². The number of carbonyl (C=O) groups excluding carboxylic acids is 3. The Bertz CT molecular complexity index is 1250. The number of halogens is 1. The molecule has 0 saturated carbocycles. The van der Waals surface area contributed by atoms with Crippen molar-refractivity contribution in [3.63, 3.8) is 0 Å². The van der Waals surface area contributed by atoms with E-state index in [2.05, 4.69) is 5.32 Å². The zero-order valence-corrected chi connectivity index (χ0v) is 21.2. The molecule has 0 unspecified atom stereocenters. The molecule has 4 atom stereocenters. The van der Waals surface area contributed by atoms with Gasteiger partial charge in [-0.1, -0.05) is 19.1 Å². The van der Waals surface area contributed by atoms with E-state index in [9.17, 15) is 29.0 Å². The number of amides is 2. The van der Waals surface area contributed by atoms with E-state index < -0.39 is 30.1 Å². The number of ether oxygens (including phenoxy) is 2. The maximum Gasteiger partial charge on any atom is 0.247 e. The Labute approximate surface area is 219 Å². The molecule has 2 aliphatic rings. The minimum absolute atomic E-state index is 0.00334. The number of rotatable bonds is 10. The molecule has 0 spiro atoms. The molecule has 0 bridgehead atoms. The molecule has 1 heterocycles. The van der Waals surface area contributed by atoms with E-state index >= 15 is 0 Å². The summed E-state index contributed by atoms with van der Waals surface area (Å²) in [4.78, 5) is 39.4. The highest BCUT2D eigenvalue weighted by Gasteiger charge is 2.51. The van der Waals surface area contributed by atoms with Gasteiger partial charge in [-0.25, -0.2) is 4.39 Å². The van der Waals surface area contributed by atoms with E-state index in [1.54, 1.807) is 31.2 Å². The van der Waals surface area contributed by atoms with Gasteiger partial charge in [0.05, 0.1) is 25.7 Å². The van der Waals surface area contributed by atoms with Crippen molar-refractivity contribution in [1.82, 2.24) is 10.2 Å². The van der Waals surface area contributed by atoms with Crippen LogP contribution < -0.4 is 14.8 Å². The van der Waals surface area contributed by atoms with Crippen LogP contribution in [0, 0.1) is 5.82 Å². The van der Waals surface area contributed by atoms with Crippen molar-refractivity contribution in [2.24, 2.45) is 0 Å². The van der Waals surface area contributed by atoms with Crippen molar-refractivity contribution in [1.29, 1.82) is 0 Å². The van der Waals surface area contributed by atoms with E-state index in [1.165, 1.54) is 30.2 Å². The summed E-state index contributed by atoms with van der Waals surface area (Å²) >= 11 is 0. The average Bonchev–Trinajstić information content (AvgIpc) is 3.32. The highest BCUT2D eigenvalue weighted by molar-refractivity contribution is 5.96. The van der Waals surface area contributed by atoms with Gasteiger partial charge in [0, 0.05) is 36.2 Å².